The highest BCUT2D eigenvalue weighted by Crippen LogP contribution is 2.23. The fraction of sp³-hybridized carbons (Fsp3) is 0.0526. The summed E-state index contributed by atoms with van der Waals surface area (Å²) in [5.41, 5.74) is 4.22. The van der Waals surface area contributed by atoms with Gasteiger partial charge in [-0.15, -0.1) is 5.10 Å². The Bertz CT molecular complexity index is 1100. The van der Waals surface area contributed by atoms with Crippen molar-refractivity contribution in [3.05, 3.63) is 76.9 Å². The number of carbonyl (C=O) groups excluding carboxylic acids is 1. The van der Waals surface area contributed by atoms with Crippen LogP contribution in [-0.4, -0.2) is 25.9 Å². The summed E-state index contributed by atoms with van der Waals surface area (Å²) in [6, 6.07) is 16.3. The van der Waals surface area contributed by atoms with E-state index < -0.39 is 0 Å². The molecule has 0 bridgehead atoms. The largest absolute Gasteiger partial charge is 0.322 e. The number of amides is 1. The third kappa shape index (κ3) is 3.02. The molecule has 0 unspecified atom stereocenters. The Morgan fingerprint density at radius 3 is 2.69 bits per heavy atom. The van der Waals surface area contributed by atoms with Gasteiger partial charge >= 0.3 is 0 Å². The molecule has 0 aliphatic rings. The SMILES string of the molecule is Cc1ccc(NC(=O)c2ccc(-n3nnc4cccnc43)cc2Cl)cc1. The zero-order valence-electron chi connectivity index (χ0n) is 13.8. The molecular formula is C19H14ClN5O. The van der Waals surface area contributed by atoms with Crippen molar-refractivity contribution in [2.75, 3.05) is 5.32 Å². The van der Waals surface area contributed by atoms with E-state index in [4.69, 9.17) is 11.6 Å². The molecule has 0 spiro atoms. The van der Waals surface area contributed by atoms with E-state index in [0.29, 0.717) is 33.1 Å². The van der Waals surface area contributed by atoms with Gasteiger partial charge in [0.05, 0.1) is 16.3 Å². The van der Waals surface area contributed by atoms with Crippen LogP contribution in [0.5, 0.6) is 0 Å². The molecule has 0 atom stereocenters. The molecule has 0 aliphatic carbocycles. The number of halogens is 1. The number of nitrogens with one attached hydrogen (secondary N) is 1. The molecule has 0 saturated heterocycles. The first kappa shape index (κ1) is 16.2. The average Bonchev–Trinajstić information content (AvgIpc) is 3.07. The lowest BCUT2D eigenvalue weighted by atomic mass is 10.1. The summed E-state index contributed by atoms with van der Waals surface area (Å²) in [5, 5.41) is 11.3. The third-order valence-electron chi connectivity index (χ3n) is 3.96. The van der Waals surface area contributed by atoms with Crippen LogP contribution in [0.25, 0.3) is 16.9 Å². The Hall–Kier alpha value is -3.25. The second-order valence-corrected chi connectivity index (χ2v) is 6.24. The smallest absolute Gasteiger partial charge is 0.257 e. The Morgan fingerprint density at radius 1 is 1.12 bits per heavy atom. The predicted octanol–water partition coefficient (Wildman–Crippen LogP) is 4.03. The number of aromatic nitrogens is 4. The van der Waals surface area contributed by atoms with E-state index in [1.54, 1.807) is 35.1 Å². The van der Waals surface area contributed by atoms with E-state index in [1.165, 1.54) is 0 Å². The van der Waals surface area contributed by atoms with Gasteiger partial charge < -0.3 is 5.32 Å². The summed E-state index contributed by atoms with van der Waals surface area (Å²) < 4.78 is 1.59. The second kappa shape index (κ2) is 6.57. The van der Waals surface area contributed by atoms with Crippen LogP contribution >= 0.6 is 11.6 Å². The maximum atomic E-state index is 12.5. The number of hydrogen-bond acceptors (Lipinski definition) is 4. The van der Waals surface area contributed by atoms with Crippen LogP contribution in [-0.2, 0) is 0 Å². The van der Waals surface area contributed by atoms with Crippen LogP contribution in [0.2, 0.25) is 5.02 Å². The first-order chi connectivity index (χ1) is 12.6. The Balaban J connectivity index is 1.63. The molecule has 2 heterocycles. The van der Waals surface area contributed by atoms with Gasteiger partial charge in [0, 0.05) is 11.9 Å². The van der Waals surface area contributed by atoms with Crippen molar-refractivity contribution >= 4 is 34.4 Å². The maximum Gasteiger partial charge on any atom is 0.257 e. The minimum Gasteiger partial charge on any atom is -0.322 e. The summed E-state index contributed by atoms with van der Waals surface area (Å²) in [7, 11) is 0. The van der Waals surface area contributed by atoms with E-state index in [-0.39, 0.29) is 5.91 Å². The molecule has 0 saturated carbocycles. The topological polar surface area (TPSA) is 72.7 Å². The van der Waals surface area contributed by atoms with Crippen molar-refractivity contribution in [3.63, 3.8) is 0 Å². The van der Waals surface area contributed by atoms with E-state index >= 15 is 0 Å². The molecule has 4 rings (SSSR count). The van der Waals surface area contributed by atoms with Gasteiger partial charge in [-0.05, 0) is 49.4 Å². The highest BCUT2D eigenvalue weighted by molar-refractivity contribution is 6.34. The maximum absolute atomic E-state index is 12.5. The van der Waals surface area contributed by atoms with Crippen LogP contribution in [0.3, 0.4) is 0 Å². The molecule has 2 aromatic heterocycles. The molecule has 26 heavy (non-hydrogen) atoms. The fourth-order valence-electron chi connectivity index (χ4n) is 2.59. The molecule has 1 amide bonds. The summed E-state index contributed by atoms with van der Waals surface area (Å²) in [6.45, 7) is 1.99. The van der Waals surface area contributed by atoms with Crippen molar-refractivity contribution in [1.82, 2.24) is 20.0 Å². The summed E-state index contributed by atoms with van der Waals surface area (Å²) in [4.78, 5) is 16.8. The zero-order chi connectivity index (χ0) is 18.1. The van der Waals surface area contributed by atoms with Crippen LogP contribution < -0.4 is 5.32 Å². The van der Waals surface area contributed by atoms with Crippen LogP contribution in [0.15, 0.2) is 60.8 Å². The zero-order valence-corrected chi connectivity index (χ0v) is 14.6. The molecule has 6 nitrogen and oxygen atoms in total. The van der Waals surface area contributed by atoms with Crippen molar-refractivity contribution in [1.29, 1.82) is 0 Å². The van der Waals surface area contributed by atoms with E-state index in [1.807, 2.05) is 37.3 Å². The molecule has 4 aromatic rings. The number of carbonyl (C=O) groups is 1. The normalized spacial score (nSPS) is 10.8. The fourth-order valence-corrected chi connectivity index (χ4v) is 2.85. The summed E-state index contributed by atoms with van der Waals surface area (Å²) >= 11 is 6.34. The van der Waals surface area contributed by atoms with Gasteiger partial charge in [0.2, 0.25) is 0 Å². The lowest BCUT2D eigenvalue weighted by Gasteiger charge is -2.09. The van der Waals surface area contributed by atoms with Gasteiger partial charge in [-0.2, -0.15) is 4.68 Å². The first-order valence-electron chi connectivity index (χ1n) is 7.96. The highest BCUT2D eigenvalue weighted by Gasteiger charge is 2.14. The van der Waals surface area contributed by atoms with Crippen LogP contribution in [0.4, 0.5) is 5.69 Å². The minimum atomic E-state index is -0.271. The summed E-state index contributed by atoms with van der Waals surface area (Å²) in [5.74, 6) is -0.271. The molecule has 7 heteroatoms. The monoisotopic (exact) mass is 363 g/mol. The Labute approximate surface area is 154 Å². The quantitative estimate of drug-likeness (QED) is 0.596. The standard InChI is InChI=1S/C19H14ClN5O/c1-12-4-6-13(7-5-12)22-19(26)15-9-8-14(11-16(15)20)25-18-17(23-24-25)3-2-10-21-18/h2-11H,1H3,(H,22,26). The first-order valence-corrected chi connectivity index (χ1v) is 8.34. The number of rotatable bonds is 3. The van der Waals surface area contributed by atoms with Crippen LogP contribution in [0, 0.1) is 6.92 Å². The number of benzene rings is 2. The molecule has 0 aliphatic heterocycles. The van der Waals surface area contributed by atoms with Gasteiger partial charge in [0.15, 0.2) is 5.65 Å². The number of anilines is 1. The number of pyridine rings is 1. The molecule has 0 radical (unpaired) electrons. The molecule has 0 fully saturated rings. The second-order valence-electron chi connectivity index (χ2n) is 5.83. The lowest BCUT2D eigenvalue weighted by molar-refractivity contribution is 0.102. The minimum absolute atomic E-state index is 0.271. The van der Waals surface area contributed by atoms with Crippen molar-refractivity contribution in [3.8, 4) is 5.69 Å². The third-order valence-corrected chi connectivity index (χ3v) is 4.27. The van der Waals surface area contributed by atoms with Gasteiger partial charge in [-0.25, -0.2) is 4.98 Å². The lowest BCUT2D eigenvalue weighted by Crippen LogP contribution is -2.12. The van der Waals surface area contributed by atoms with E-state index in [0.717, 1.165) is 5.56 Å². The van der Waals surface area contributed by atoms with Crippen molar-refractivity contribution in [2.24, 2.45) is 0 Å². The van der Waals surface area contributed by atoms with Gasteiger partial charge in [-0.3, -0.25) is 4.79 Å². The van der Waals surface area contributed by atoms with Gasteiger partial charge in [-0.1, -0.05) is 34.5 Å². The molecule has 1 N–H and O–H groups in total. The number of aryl methyl sites for hydroxylation is 1. The number of nitrogens with zero attached hydrogens (tertiary/aromatic N) is 4. The highest BCUT2D eigenvalue weighted by atomic mass is 35.5. The van der Waals surface area contributed by atoms with Crippen molar-refractivity contribution in [2.45, 2.75) is 6.92 Å². The predicted molar refractivity (Wildman–Crippen MR) is 101 cm³/mol. The molecule has 2 aromatic carbocycles. The molecule has 128 valence electrons. The van der Waals surface area contributed by atoms with E-state index in [2.05, 4.69) is 20.6 Å². The Morgan fingerprint density at radius 2 is 1.92 bits per heavy atom. The Kier molecular flexibility index (Phi) is 4.10. The van der Waals surface area contributed by atoms with E-state index in [9.17, 15) is 4.79 Å². The van der Waals surface area contributed by atoms with Crippen molar-refractivity contribution < 1.29 is 4.79 Å². The van der Waals surface area contributed by atoms with Gasteiger partial charge in [0.1, 0.15) is 5.52 Å². The number of fused-ring (bicyclic) bond motifs is 1. The summed E-state index contributed by atoms with van der Waals surface area (Å²) in [6.07, 6.45) is 1.67. The molecular weight excluding hydrogens is 350 g/mol. The van der Waals surface area contributed by atoms with Crippen LogP contribution in [0.1, 0.15) is 15.9 Å². The number of hydrogen-bond donors (Lipinski definition) is 1. The van der Waals surface area contributed by atoms with Gasteiger partial charge in [0.25, 0.3) is 5.91 Å². The average molecular weight is 364 g/mol.